The molecule has 2 rings (SSSR count). The molecule has 0 fully saturated rings. The van der Waals surface area contributed by atoms with Gasteiger partial charge >= 0.3 is 12.1 Å². The predicted molar refractivity (Wildman–Crippen MR) is 89.0 cm³/mol. The molecule has 0 aliphatic rings. The third kappa shape index (κ3) is 5.01. The number of rotatable bonds is 5. The minimum atomic E-state index is -4.90. The van der Waals surface area contributed by atoms with E-state index in [0.717, 1.165) is 11.3 Å². The molecule has 6 heteroatoms. The van der Waals surface area contributed by atoms with Gasteiger partial charge in [0.2, 0.25) is 0 Å². The summed E-state index contributed by atoms with van der Waals surface area (Å²) in [6.45, 7) is 4.67. The van der Waals surface area contributed by atoms with Gasteiger partial charge < -0.3 is 10.6 Å². The number of hydrogen-bond donors (Lipinski definition) is 2. The third-order valence-corrected chi connectivity index (χ3v) is 3.52. The first-order valence-electron chi connectivity index (χ1n) is 7.56. The molecule has 2 aromatic rings. The second-order valence-corrected chi connectivity index (χ2v) is 5.78. The van der Waals surface area contributed by atoms with Gasteiger partial charge in [0.1, 0.15) is 0 Å². The topological polar surface area (TPSA) is 41.1 Å². The van der Waals surface area contributed by atoms with Crippen LogP contribution in [0.2, 0.25) is 0 Å². The van der Waals surface area contributed by atoms with Crippen molar-refractivity contribution < 1.29 is 18.0 Å². The molecule has 128 valence electrons. The van der Waals surface area contributed by atoms with Crippen molar-refractivity contribution in [2.75, 3.05) is 10.6 Å². The lowest BCUT2D eigenvalue weighted by Gasteiger charge is -2.11. The van der Waals surface area contributed by atoms with E-state index in [0.29, 0.717) is 12.5 Å². The Balaban J connectivity index is 1.98. The molecule has 2 N–H and O–H groups in total. The summed E-state index contributed by atoms with van der Waals surface area (Å²) in [5, 5.41) is 5.05. The van der Waals surface area contributed by atoms with E-state index in [1.807, 2.05) is 29.6 Å². The van der Waals surface area contributed by atoms with Crippen molar-refractivity contribution in [3.63, 3.8) is 0 Å². The maximum atomic E-state index is 12.3. The Hall–Kier alpha value is -2.50. The lowest BCUT2D eigenvalue weighted by molar-refractivity contribution is -0.167. The van der Waals surface area contributed by atoms with Crippen molar-refractivity contribution >= 4 is 17.3 Å². The van der Waals surface area contributed by atoms with Crippen molar-refractivity contribution in [3.05, 3.63) is 59.7 Å². The van der Waals surface area contributed by atoms with Gasteiger partial charge in [0.15, 0.2) is 0 Å². The number of carbonyl (C=O) groups excluding carboxylic acids is 1. The maximum Gasteiger partial charge on any atom is 0.471 e. The first kappa shape index (κ1) is 17.8. The van der Waals surface area contributed by atoms with Crippen LogP contribution >= 0.6 is 0 Å². The van der Waals surface area contributed by atoms with Gasteiger partial charge in [-0.2, -0.15) is 13.2 Å². The average molecular weight is 336 g/mol. The Labute approximate surface area is 138 Å². The summed E-state index contributed by atoms with van der Waals surface area (Å²) in [5.74, 6) is -1.52. The maximum absolute atomic E-state index is 12.3. The molecule has 0 radical (unpaired) electrons. The standard InChI is InChI=1S/C18H19F3N2O/c1-12(2)14-6-8-15(9-7-14)22-11-13-4-3-5-16(10-13)23-17(24)18(19,20)21/h3-10,12,22H,11H2,1-2H3,(H,23,24). The molecule has 0 saturated heterocycles. The van der Waals surface area contributed by atoms with E-state index in [2.05, 4.69) is 19.2 Å². The van der Waals surface area contributed by atoms with Gasteiger partial charge in [-0.1, -0.05) is 38.1 Å². The fourth-order valence-electron chi connectivity index (χ4n) is 2.15. The van der Waals surface area contributed by atoms with Crippen molar-refractivity contribution in [2.24, 2.45) is 0 Å². The molecular weight excluding hydrogens is 317 g/mol. The van der Waals surface area contributed by atoms with Crippen molar-refractivity contribution in [1.29, 1.82) is 0 Å². The zero-order valence-electron chi connectivity index (χ0n) is 13.4. The number of alkyl halides is 3. The molecule has 0 spiro atoms. The van der Waals surface area contributed by atoms with Gasteiger partial charge in [-0.3, -0.25) is 4.79 Å². The summed E-state index contributed by atoms with van der Waals surface area (Å²) >= 11 is 0. The predicted octanol–water partition coefficient (Wildman–Crippen LogP) is 4.92. The van der Waals surface area contributed by atoms with Crippen LogP contribution in [0.5, 0.6) is 0 Å². The lowest BCUT2D eigenvalue weighted by atomic mass is 10.0. The molecule has 0 aromatic heterocycles. The fourth-order valence-corrected chi connectivity index (χ4v) is 2.15. The van der Waals surface area contributed by atoms with Gasteiger partial charge in [0, 0.05) is 17.9 Å². The summed E-state index contributed by atoms with van der Waals surface area (Å²) in [6, 6.07) is 14.3. The van der Waals surface area contributed by atoms with Crippen molar-refractivity contribution in [1.82, 2.24) is 0 Å². The van der Waals surface area contributed by atoms with E-state index < -0.39 is 12.1 Å². The third-order valence-electron chi connectivity index (χ3n) is 3.52. The van der Waals surface area contributed by atoms with E-state index in [9.17, 15) is 18.0 Å². The quantitative estimate of drug-likeness (QED) is 0.813. The Bertz CT molecular complexity index is 694. The molecule has 0 heterocycles. The Kier molecular flexibility index (Phi) is 5.49. The Morgan fingerprint density at radius 3 is 2.29 bits per heavy atom. The number of amides is 1. The molecular formula is C18H19F3N2O. The number of halogens is 3. The smallest absolute Gasteiger partial charge is 0.381 e. The monoisotopic (exact) mass is 336 g/mol. The zero-order valence-corrected chi connectivity index (χ0v) is 13.4. The summed E-state index contributed by atoms with van der Waals surface area (Å²) < 4.78 is 36.8. The van der Waals surface area contributed by atoms with Crippen LogP contribution in [0.1, 0.15) is 30.9 Å². The highest BCUT2D eigenvalue weighted by Gasteiger charge is 2.38. The number of carbonyl (C=O) groups is 1. The summed E-state index contributed by atoms with van der Waals surface area (Å²) in [4.78, 5) is 11.0. The molecule has 24 heavy (non-hydrogen) atoms. The highest BCUT2D eigenvalue weighted by Crippen LogP contribution is 2.20. The molecule has 2 aromatic carbocycles. The summed E-state index contributed by atoms with van der Waals surface area (Å²) in [5.41, 5.74) is 3.04. The Morgan fingerprint density at radius 1 is 1.04 bits per heavy atom. The highest BCUT2D eigenvalue weighted by atomic mass is 19.4. The van der Waals surface area contributed by atoms with E-state index in [1.54, 1.807) is 12.1 Å². The highest BCUT2D eigenvalue weighted by molar-refractivity contribution is 5.94. The first-order valence-corrected chi connectivity index (χ1v) is 7.56. The number of benzene rings is 2. The van der Waals surface area contributed by atoms with Gasteiger partial charge in [-0.25, -0.2) is 0 Å². The van der Waals surface area contributed by atoms with Crippen LogP contribution in [0.4, 0.5) is 24.5 Å². The van der Waals surface area contributed by atoms with Gasteiger partial charge in [0.05, 0.1) is 0 Å². The van der Waals surface area contributed by atoms with Crippen LogP contribution in [-0.4, -0.2) is 12.1 Å². The van der Waals surface area contributed by atoms with Crippen LogP contribution in [0.15, 0.2) is 48.5 Å². The Morgan fingerprint density at radius 2 is 1.71 bits per heavy atom. The second-order valence-electron chi connectivity index (χ2n) is 5.78. The number of hydrogen-bond acceptors (Lipinski definition) is 2. The number of nitrogens with one attached hydrogen (secondary N) is 2. The zero-order chi connectivity index (χ0) is 17.7. The molecule has 0 aliphatic heterocycles. The van der Waals surface area contributed by atoms with Crippen molar-refractivity contribution in [3.8, 4) is 0 Å². The van der Waals surface area contributed by atoms with E-state index >= 15 is 0 Å². The summed E-state index contributed by atoms with van der Waals surface area (Å²) in [6.07, 6.45) is -4.90. The second kappa shape index (κ2) is 7.38. The van der Waals surface area contributed by atoms with E-state index in [-0.39, 0.29) is 5.69 Å². The molecule has 3 nitrogen and oxygen atoms in total. The minimum absolute atomic E-state index is 0.117. The lowest BCUT2D eigenvalue weighted by Crippen LogP contribution is -2.29. The normalized spacial score (nSPS) is 11.4. The van der Waals surface area contributed by atoms with Crippen LogP contribution in [0.25, 0.3) is 0 Å². The fraction of sp³-hybridized carbons (Fsp3) is 0.278. The molecule has 1 amide bonds. The number of anilines is 2. The molecule has 0 unspecified atom stereocenters. The first-order chi connectivity index (χ1) is 11.3. The molecule has 0 bridgehead atoms. The van der Waals surface area contributed by atoms with E-state index in [4.69, 9.17) is 0 Å². The minimum Gasteiger partial charge on any atom is -0.381 e. The largest absolute Gasteiger partial charge is 0.471 e. The summed E-state index contributed by atoms with van der Waals surface area (Å²) in [7, 11) is 0. The SMILES string of the molecule is CC(C)c1ccc(NCc2cccc(NC(=O)C(F)(F)F)c2)cc1. The average Bonchev–Trinajstić information content (AvgIpc) is 2.53. The van der Waals surface area contributed by atoms with Crippen molar-refractivity contribution in [2.45, 2.75) is 32.5 Å². The molecule has 0 aliphatic carbocycles. The van der Waals surface area contributed by atoms with Crippen LogP contribution in [0.3, 0.4) is 0 Å². The van der Waals surface area contributed by atoms with Gasteiger partial charge in [-0.15, -0.1) is 0 Å². The van der Waals surface area contributed by atoms with E-state index in [1.165, 1.54) is 17.7 Å². The van der Waals surface area contributed by atoms with Gasteiger partial charge in [-0.05, 0) is 41.3 Å². The van der Waals surface area contributed by atoms with Crippen LogP contribution in [0, 0.1) is 0 Å². The van der Waals surface area contributed by atoms with Crippen LogP contribution < -0.4 is 10.6 Å². The molecule has 0 saturated carbocycles. The molecule has 0 atom stereocenters. The van der Waals surface area contributed by atoms with Crippen LogP contribution in [-0.2, 0) is 11.3 Å². The van der Waals surface area contributed by atoms with Gasteiger partial charge in [0.25, 0.3) is 0 Å².